The number of aromatic nitrogens is 1. The molecule has 0 spiro atoms. The Bertz CT molecular complexity index is 495. The summed E-state index contributed by atoms with van der Waals surface area (Å²) in [6.45, 7) is 9.89. The Hall–Kier alpha value is -1.58. The summed E-state index contributed by atoms with van der Waals surface area (Å²) in [5, 5.41) is 9.36. The van der Waals surface area contributed by atoms with Crippen LogP contribution in [0.2, 0.25) is 0 Å². The second-order valence-electron chi connectivity index (χ2n) is 5.92. The van der Waals surface area contributed by atoms with Gasteiger partial charge in [-0.05, 0) is 37.3 Å². The maximum absolute atomic E-state index is 11.4. The van der Waals surface area contributed by atoms with E-state index in [1.165, 1.54) is 0 Å². The van der Waals surface area contributed by atoms with Crippen molar-refractivity contribution in [3.63, 3.8) is 0 Å². The third-order valence-electron chi connectivity index (χ3n) is 3.52. The van der Waals surface area contributed by atoms with Gasteiger partial charge >= 0.3 is 5.97 Å². The number of hydrogen-bond acceptors (Lipinski definition) is 3. The summed E-state index contributed by atoms with van der Waals surface area (Å²) < 4.78 is 0. The molecule has 2 rings (SSSR count). The molecule has 1 aromatic heterocycles. The van der Waals surface area contributed by atoms with E-state index in [1.807, 2.05) is 19.9 Å². The van der Waals surface area contributed by atoms with Crippen molar-refractivity contribution in [2.24, 2.45) is 5.41 Å². The lowest BCUT2D eigenvalue weighted by atomic mass is 9.93. The van der Waals surface area contributed by atoms with E-state index in [-0.39, 0.29) is 5.41 Å². The normalized spacial score (nSPS) is 18.1. The van der Waals surface area contributed by atoms with Crippen molar-refractivity contribution >= 4 is 11.8 Å². The number of aryl methyl sites for hydroxylation is 2. The van der Waals surface area contributed by atoms with Gasteiger partial charge in [0.2, 0.25) is 0 Å². The van der Waals surface area contributed by atoms with Crippen LogP contribution in [0.1, 0.15) is 41.9 Å². The van der Waals surface area contributed by atoms with Crippen molar-refractivity contribution in [3.05, 3.63) is 22.9 Å². The van der Waals surface area contributed by atoms with Crippen molar-refractivity contribution < 1.29 is 9.90 Å². The first-order chi connectivity index (χ1) is 8.30. The zero-order chi connectivity index (χ0) is 13.5. The molecule has 1 aromatic rings. The molecule has 0 radical (unpaired) electrons. The summed E-state index contributed by atoms with van der Waals surface area (Å²) in [5.74, 6) is -0.259. The average molecular weight is 248 g/mol. The Morgan fingerprint density at radius 1 is 1.44 bits per heavy atom. The molecule has 0 unspecified atom stereocenters. The van der Waals surface area contributed by atoms with Gasteiger partial charge in [0.05, 0.1) is 0 Å². The molecule has 98 valence electrons. The predicted octanol–water partition coefficient (Wildman–Crippen LogP) is 2.63. The molecule has 2 heterocycles. The minimum absolute atomic E-state index is 0.231. The quantitative estimate of drug-likeness (QED) is 0.874. The zero-order valence-corrected chi connectivity index (χ0v) is 11.4. The number of nitrogens with zero attached hydrogens (tertiary/aromatic N) is 2. The summed E-state index contributed by atoms with van der Waals surface area (Å²) in [4.78, 5) is 18.0. The number of carboxylic acid groups (broad SMARTS) is 1. The van der Waals surface area contributed by atoms with Gasteiger partial charge in [0.1, 0.15) is 11.4 Å². The molecule has 0 saturated carbocycles. The maximum atomic E-state index is 11.4. The van der Waals surface area contributed by atoms with Crippen LogP contribution in [0.25, 0.3) is 0 Å². The summed E-state index contributed by atoms with van der Waals surface area (Å²) in [6, 6.07) is 1.83. The fourth-order valence-corrected chi connectivity index (χ4v) is 2.60. The highest BCUT2D eigenvalue weighted by Crippen LogP contribution is 2.34. The van der Waals surface area contributed by atoms with Gasteiger partial charge in [-0.1, -0.05) is 13.8 Å². The topological polar surface area (TPSA) is 53.4 Å². The van der Waals surface area contributed by atoms with E-state index in [0.717, 1.165) is 30.8 Å². The van der Waals surface area contributed by atoms with Crippen molar-refractivity contribution in [2.75, 3.05) is 18.0 Å². The van der Waals surface area contributed by atoms with Gasteiger partial charge in [-0.25, -0.2) is 9.78 Å². The SMILES string of the molecule is Cc1cc(C)c(C(=O)O)c(N2CCC(C)(C)C2)n1. The largest absolute Gasteiger partial charge is 0.478 e. The number of rotatable bonds is 2. The van der Waals surface area contributed by atoms with Crippen LogP contribution in [0.5, 0.6) is 0 Å². The van der Waals surface area contributed by atoms with Crippen molar-refractivity contribution in [3.8, 4) is 0 Å². The molecule has 4 nitrogen and oxygen atoms in total. The van der Waals surface area contributed by atoms with Crippen LogP contribution < -0.4 is 4.90 Å². The number of aromatic carboxylic acids is 1. The number of anilines is 1. The van der Waals surface area contributed by atoms with E-state index in [1.54, 1.807) is 0 Å². The highest BCUT2D eigenvalue weighted by atomic mass is 16.4. The molecule has 4 heteroatoms. The molecule has 1 N–H and O–H groups in total. The molecule has 0 atom stereocenters. The van der Waals surface area contributed by atoms with Crippen LogP contribution in [0, 0.1) is 19.3 Å². The molecule has 0 bridgehead atoms. The van der Waals surface area contributed by atoms with Crippen LogP contribution in [-0.2, 0) is 0 Å². The minimum atomic E-state index is -0.889. The monoisotopic (exact) mass is 248 g/mol. The fourth-order valence-electron chi connectivity index (χ4n) is 2.60. The number of carboxylic acids is 1. The van der Waals surface area contributed by atoms with Crippen LogP contribution in [0.3, 0.4) is 0 Å². The Morgan fingerprint density at radius 2 is 2.11 bits per heavy atom. The molecule has 0 amide bonds. The number of carbonyl (C=O) groups is 1. The lowest BCUT2D eigenvalue weighted by Crippen LogP contribution is -2.26. The Morgan fingerprint density at radius 3 is 2.61 bits per heavy atom. The first kappa shape index (κ1) is 12.9. The van der Waals surface area contributed by atoms with Gasteiger partial charge in [0, 0.05) is 18.8 Å². The van der Waals surface area contributed by atoms with Gasteiger partial charge in [-0.3, -0.25) is 0 Å². The van der Waals surface area contributed by atoms with E-state index in [2.05, 4.69) is 23.7 Å². The van der Waals surface area contributed by atoms with Gasteiger partial charge in [-0.2, -0.15) is 0 Å². The lowest BCUT2D eigenvalue weighted by molar-refractivity contribution is 0.0696. The molecule has 1 aliphatic heterocycles. The highest BCUT2D eigenvalue weighted by molar-refractivity contribution is 5.95. The minimum Gasteiger partial charge on any atom is -0.478 e. The summed E-state index contributed by atoms with van der Waals surface area (Å²) in [7, 11) is 0. The van der Waals surface area contributed by atoms with Crippen LogP contribution in [0.15, 0.2) is 6.07 Å². The molecule has 18 heavy (non-hydrogen) atoms. The molecule has 1 saturated heterocycles. The summed E-state index contributed by atoms with van der Waals surface area (Å²) in [6.07, 6.45) is 1.07. The van der Waals surface area contributed by atoms with Gasteiger partial charge in [0.25, 0.3) is 0 Å². The van der Waals surface area contributed by atoms with E-state index >= 15 is 0 Å². The zero-order valence-electron chi connectivity index (χ0n) is 11.4. The van der Waals surface area contributed by atoms with Crippen LogP contribution in [0.4, 0.5) is 5.82 Å². The highest BCUT2D eigenvalue weighted by Gasteiger charge is 2.32. The Labute approximate surface area is 108 Å². The lowest BCUT2D eigenvalue weighted by Gasteiger charge is -2.23. The predicted molar refractivity (Wildman–Crippen MR) is 71.3 cm³/mol. The molecular formula is C14H20N2O2. The fraction of sp³-hybridized carbons (Fsp3) is 0.571. The number of hydrogen-bond donors (Lipinski definition) is 1. The third-order valence-corrected chi connectivity index (χ3v) is 3.52. The number of pyridine rings is 1. The van der Waals surface area contributed by atoms with Crippen molar-refractivity contribution in [2.45, 2.75) is 34.1 Å². The Balaban J connectivity index is 2.47. The van der Waals surface area contributed by atoms with Crippen molar-refractivity contribution in [1.82, 2.24) is 4.98 Å². The summed E-state index contributed by atoms with van der Waals surface area (Å²) in [5.41, 5.74) is 2.24. The first-order valence-electron chi connectivity index (χ1n) is 6.27. The van der Waals surface area contributed by atoms with Gasteiger partial charge in [-0.15, -0.1) is 0 Å². The summed E-state index contributed by atoms with van der Waals surface area (Å²) >= 11 is 0. The van der Waals surface area contributed by atoms with E-state index in [4.69, 9.17) is 0 Å². The van der Waals surface area contributed by atoms with Crippen molar-refractivity contribution in [1.29, 1.82) is 0 Å². The second kappa shape index (κ2) is 4.26. The van der Waals surface area contributed by atoms with Crippen LogP contribution >= 0.6 is 0 Å². The van der Waals surface area contributed by atoms with E-state index in [9.17, 15) is 9.90 Å². The molecule has 1 fully saturated rings. The van der Waals surface area contributed by atoms with E-state index in [0.29, 0.717) is 11.4 Å². The standard InChI is InChI=1S/C14H20N2O2/c1-9-7-10(2)15-12(11(9)13(17)18)16-6-5-14(3,4)8-16/h7H,5-6,8H2,1-4H3,(H,17,18). The Kier molecular flexibility index (Phi) is 3.05. The third kappa shape index (κ3) is 2.33. The molecular weight excluding hydrogens is 228 g/mol. The van der Waals surface area contributed by atoms with Gasteiger partial charge in [0.15, 0.2) is 0 Å². The molecule has 0 aliphatic carbocycles. The average Bonchev–Trinajstić information content (AvgIpc) is 2.56. The first-order valence-corrected chi connectivity index (χ1v) is 6.27. The maximum Gasteiger partial charge on any atom is 0.339 e. The van der Waals surface area contributed by atoms with Crippen LogP contribution in [-0.4, -0.2) is 29.1 Å². The smallest absolute Gasteiger partial charge is 0.339 e. The van der Waals surface area contributed by atoms with E-state index < -0.39 is 5.97 Å². The second-order valence-corrected chi connectivity index (χ2v) is 5.92. The molecule has 0 aromatic carbocycles. The van der Waals surface area contributed by atoms with Gasteiger partial charge < -0.3 is 10.0 Å². The molecule has 1 aliphatic rings.